The fourth-order valence-electron chi connectivity index (χ4n) is 1.20. The normalized spacial score (nSPS) is 10.8. The van der Waals surface area contributed by atoms with Gasteiger partial charge >= 0.3 is 0 Å². The van der Waals surface area contributed by atoms with Gasteiger partial charge in [0.05, 0.1) is 0 Å². The average molecular weight is 234 g/mol. The van der Waals surface area contributed by atoms with Gasteiger partial charge in [0.1, 0.15) is 6.61 Å². The van der Waals surface area contributed by atoms with Crippen LogP contribution in [0.4, 0.5) is 0 Å². The number of hydrogen-bond acceptors (Lipinski definition) is 2. The van der Waals surface area contributed by atoms with Crippen molar-refractivity contribution in [3.05, 3.63) is 35.4 Å². The fraction of sp³-hybridized carbons (Fsp3) is 0.429. The van der Waals surface area contributed by atoms with E-state index in [9.17, 15) is 0 Å². The first-order valence-corrected chi connectivity index (χ1v) is 6.33. The first kappa shape index (κ1) is 13.2. The third-order valence-corrected chi connectivity index (χ3v) is 3.30. The molecule has 0 amide bonds. The van der Waals surface area contributed by atoms with Crippen LogP contribution in [0.1, 0.15) is 31.9 Å². The van der Waals surface area contributed by atoms with Crippen LogP contribution in [0.25, 0.3) is 0 Å². The quantitative estimate of drug-likeness (QED) is 0.794. The van der Waals surface area contributed by atoms with E-state index < -0.39 is 0 Å². The lowest BCUT2D eigenvalue weighted by atomic mass is 10.1. The van der Waals surface area contributed by atoms with E-state index in [4.69, 9.17) is 5.11 Å². The summed E-state index contributed by atoms with van der Waals surface area (Å²) in [7, 11) is 0. The highest BCUT2D eigenvalue weighted by molar-refractivity contribution is 7.99. The first-order valence-electron chi connectivity index (χ1n) is 5.34. The summed E-state index contributed by atoms with van der Waals surface area (Å²) >= 11 is 1.90. The molecule has 0 aliphatic carbocycles. The Morgan fingerprint density at radius 2 is 1.94 bits per heavy atom. The minimum atomic E-state index is -0.0826. The number of hydrogen-bond donors (Lipinski definition) is 1. The molecule has 0 aliphatic rings. The van der Waals surface area contributed by atoms with Crippen molar-refractivity contribution in [3.8, 4) is 11.8 Å². The van der Waals surface area contributed by atoms with Crippen molar-refractivity contribution in [1.82, 2.24) is 0 Å². The Morgan fingerprint density at radius 1 is 1.25 bits per heavy atom. The molecular weight excluding hydrogens is 216 g/mol. The van der Waals surface area contributed by atoms with Crippen LogP contribution in [0.5, 0.6) is 0 Å². The molecule has 1 aromatic carbocycles. The van der Waals surface area contributed by atoms with E-state index in [2.05, 4.69) is 38.7 Å². The van der Waals surface area contributed by atoms with Crippen LogP contribution in [0.15, 0.2) is 24.3 Å². The Hall–Kier alpha value is -0.910. The third-order valence-electron chi connectivity index (χ3n) is 1.98. The second-order valence-corrected chi connectivity index (χ2v) is 6.32. The predicted octanol–water partition coefficient (Wildman–Crippen LogP) is 3.06. The fourth-order valence-corrected chi connectivity index (χ4v) is 2.04. The lowest BCUT2D eigenvalue weighted by Gasteiger charge is -2.17. The molecule has 1 rings (SSSR count). The predicted molar refractivity (Wildman–Crippen MR) is 71.5 cm³/mol. The molecule has 0 atom stereocenters. The van der Waals surface area contributed by atoms with Gasteiger partial charge in [-0.15, -0.1) is 0 Å². The van der Waals surface area contributed by atoms with Gasteiger partial charge in [0.25, 0.3) is 0 Å². The molecule has 0 heterocycles. The summed E-state index contributed by atoms with van der Waals surface area (Å²) in [4.78, 5) is 0. The molecular formula is C14H18OS. The topological polar surface area (TPSA) is 20.2 Å². The first-order chi connectivity index (χ1) is 7.53. The van der Waals surface area contributed by atoms with Crippen LogP contribution < -0.4 is 0 Å². The molecule has 0 aliphatic heterocycles. The van der Waals surface area contributed by atoms with E-state index in [1.165, 1.54) is 5.56 Å². The van der Waals surface area contributed by atoms with Gasteiger partial charge in [0, 0.05) is 16.1 Å². The lowest BCUT2D eigenvalue weighted by molar-refractivity contribution is 0.350. The van der Waals surface area contributed by atoms with Crippen LogP contribution in [-0.2, 0) is 5.75 Å². The molecule has 0 saturated heterocycles. The number of benzene rings is 1. The maximum absolute atomic E-state index is 8.70. The average Bonchev–Trinajstić information content (AvgIpc) is 2.23. The Bertz CT molecular complexity index is 393. The molecule has 1 aromatic rings. The molecule has 0 fully saturated rings. The number of aliphatic hydroxyl groups excluding tert-OH is 1. The Balaban J connectivity index is 2.79. The van der Waals surface area contributed by atoms with Gasteiger partial charge in [-0.2, -0.15) is 11.8 Å². The van der Waals surface area contributed by atoms with Crippen molar-refractivity contribution in [1.29, 1.82) is 0 Å². The molecule has 0 spiro atoms. The molecule has 0 unspecified atom stereocenters. The Labute approximate surface area is 102 Å². The molecule has 16 heavy (non-hydrogen) atoms. The molecule has 2 heteroatoms. The standard InChI is InChI=1S/C14H18OS/c1-14(2,3)16-11-13-8-5-4-7-12(13)9-6-10-15/h4-5,7-8,15H,10-11H2,1-3H3. The maximum Gasteiger partial charge on any atom is 0.104 e. The zero-order valence-electron chi connectivity index (χ0n) is 10.1. The zero-order valence-corrected chi connectivity index (χ0v) is 10.9. The maximum atomic E-state index is 8.70. The summed E-state index contributed by atoms with van der Waals surface area (Å²) in [6, 6.07) is 8.11. The smallest absolute Gasteiger partial charge is 0.104 e. The highest BCUT2D eigenvalue weighted by Crippen LogP contribution is 2.28. The highest BCUT2D eigenvalue weighted by Gasteiger charge is 2.11. The van der Waals surface area contributed by atoms with E-state index >= 15 is 0 Å². The van der Waals surface area contributed by atoms with Crippen LogP contribution in [0.2, 0.25) is 0 Å². The molecule has 0 bridgehead atoms. The van der Waals surface area contributed by atoms with Crippen molar-refractivity contribution >= 4 is 11.8 Å². The molecule has 1 N–H and O–H groups in total. The van der Waals surface area contributed by atoms with Crippen LogP contribution in [-0.4, -0.2) is 16.5 Å². The zero-order chi connectivity index (χ0) is 12.0. The Morgan fingerprint density at radius 3 is 2.56 bits per heavy atom. The van der Waals surface area contributed by atoms with Gasteiger partial charge in [-0.3, -0.25) is 0 Å². The largest absolute Gasteiger partial charge is 0.384 e. The molecule has 86 valence electrons. The molecule has 0 saturated carbocycles. The summed E-state index contributed by atoms with van der Waals surface area (Å²) < 4.78 is 0.261. The highest BCUT2D eigenvalue weighted by atomic mass is 32.2. The minimum Gasteiger partial charge on any atom is -0.384 e. The number of aliphatic hydroxyl groups is 1. The summed E-state index contributed by atoms with van der Waals surface area (Å²) in [6.45, 7) is 6.54. The van der Waals surface area contributed by atoms with Gasteiger partial charge in [0.15, 0.2) is 0 Å². The monoisotopic (exact) mass is 234 g/mol. The van der Waals surface area contributed by atoms with E-state index in [0.717, 1.165) is 11.3 Å². The summed E-state index contributed by atoms with van der Waals surface area (Å²) in [6.07, 6.45) is 0. The van der Waals surface area contributed by atoms with E-state index in [1.807, 2.05) is 30.0 Å². The summed E-state index contributed by atoms with van der Waals surface area (Å²) in [5.74, 6) is 6.64. The van der Waals surface area contributed by atoms with Crippen molar-refractivity contribution in [3.63, 3.8) is 0 Å². The summed E-state index contributed by atoms with van der Waals surface area (Å²) in [5, 5.41) is 8.70. The lowest BCUT2D eigenvalue weighted by Crippen LogP contribution is -2.07. The van der Waals surface area contributed by atoms with Crippen molar-refractivity contribution in [2.45, 2.75) is 31.3 Å². The van der Waals surface area contributed by atoms with Crippen LogP contribution >= 0.6 is 11.8 Å². The molecule has 0 aromatic heterocycles. The Kier molecular flexibility index (Phi) is 4.92. The molecule has 1 nitrogen and oxygen atoms in total. The van der Waals surface area contributed by atoms with Gasteiger partial charge in [0.2, 0.25) is 0 Å². The van der Waals surface area contributed by atoms with Gasteiger partial charge in [-0.1, -0.05) is 50.8 Å². The van der Waals surface area contributed by atoms with Crippen molar-refractivity contribution < 1.29 is 5.11 Å². The third kappa shape index (κ3) is 4.74. The second-order valence-electron chi connectivity index (χ2n) is 4.52. The minimum absolute atomic E-state index is 0.0826. The SMILES string of the molecule is CC(C)(C)SCc1ccccc1C#CCO. The van der Waals surface area contributed by atoms with Gasteiger partial charge in [-0.25, -0.2) is 0 Å². The van der Waals surface area contributed by atoms with E-state index in [-0.39, 0.29) is 11.4 Å². The van der Waals surface area contributed by atoms with Crippen LogP contribution in [0.3, 0.4) is 0 Å². The number of thioether (sulfide) groups is 1. The van der Waals surface area contributed by atoms with Gasteiger partial charge in [-0.05, 0) is 11.6 Å². The second kappa shape index (κ2) is 5.98. The van der Waals surface area contributed by atoms with Gasteiger partial charge < -0.3 is 5.11 Å². The van der Waals surface area contributed by atoms with E-state index in [1.54, 1.807) is 0 Å². The van der Waals surface area contributed by atoms with E-state index in [0.29, 0.717) is 0 Å². The van der Waals surface area contributed by atoms with Crippen molar-refractivity contribution in [2.75, 3.05) is 6.61 Å². The molecule has 0 radical (unpaired) electrons. The van der Waals surface area contributed by atoms with Crippen LogP contribution in [0, 0.1) is 11.8 Å². The number of rotatable bonds is 2. The van der Waals surface area contributed by atoms with Crippen molar-refractivity contribution in [2.24, 2.45) is 0 Å². The summed E-state index contributed by atoms with van der Waals surface area (Å²) in [5.41, 5.74) is 2.26.